The monoisotopic (exact) mass is 204 g/mol. The Hall–Kier alpha value is -1.00. The summed E-state index contributed by atoms with van der Waals surface area (Å²) in [6, 6.07) is 0. The first-order valence-electron chi connectivity index (χ1n) is 5.56. The van der Waals surface area contributed by atoms with E-state index in [-0.39, 0.29) is 5.41 Å². The highest BCUT2D eigenvalue weighted by atomic mass is 16.3. The highest BCUT2D eigenvalue weighted by Gasteiger charge is 2.24. The van der Waals surface area contributed by atoms with Crippen LogP contribution in [0, 0.1) is 17.3 Å². The van der Waals surface area contributed by atoms with Gasteiger partial charge in [0.2, 0.25) is 0 Å². The summed E-state index contributed by atoms with van der Waals surface area (Å²) in [5.41, 5.74) is 0.983. The van der Waals surface area contributed by atoms with Crippen molar-refractivity contribution in [2.75, 3.05) is 0 Å². The second-order valence-corrected chi connectivity index (χ2v) is 4.77. The molecule has 1 aliphatic rings. The molecule has 1 N–H and O–H groups in total. The van der Waals surface area contributed by atoms with Gasteiger partial charge in [-0.05, 0) is 31.3 Å². The Labute approximate surface area is 92.9 Å². The molecule has 0 fully saturated rings. The lowest BCUT2D eigenvalue weighted by molar-refractivity contribution is 0.101. The minimum absolute atomic E-state index is 0.200. The van der Waals surface area contributed by atoms with Gasteiger partial charge in [-0.15, -0.1) is 6.58 Å². The summed E-state index contributed by atoms with van der Waals surface area (Å²) in [6.45, 7) is 7.72. The maximum Gasteiger partial charge on any atom is 0.120 e. The summed E-state index contributed by atoms with van der Waals surface area (Å²) in [5.74, 6) is 6.01. The Morgan fingerprint density at radius 3 is 2.93 bits per heavy atom. The lowest BCUT2D eigenvalue weighted by atomic mass is 9.83. The maximum atomic E-state index is 9.92. The number of hydrogen-bond acceptors (Lipinski definition) is 1. The number of allylic oxidation sites excluding steroid dienone is 3. The van der Waals surface area contributed by atoms with Crippen LogP contribution >= 0.6 is 0 Å². The van der Waals surface area contributed by atoms with Crippen LogP contribution in [0.2, 0.25) is 0 Å². The molecular formula is C14H20O. The first kappa shape index (κ1) is 12.1. The molecule has 0 bridgehead atoms. The molecule has 0 aromatic heterocycles. The van der Waals surface area contributed by atoms with Crippen molar-refractivity contribution < 1.29 is 5.11 Å². The third-order valence-electron chi connectivity index (χ3n) is 2.82. The van der Waals surface area contributed by atoms with Crippen LogP contribution in [0.1, 0.15) is 39.5 Å². The molecule has 15 heavy (non-hydrogen) atoms. The Balaban J connectivity index is 2.60. The molecule has 1 atom stereocenters. The normalized spacial score (nSPS) is 17.7. The third-order valence-corrected chi connectivity index (χ3v) is 2.82. The summed E-state index contributed by atoms with van der Waals surface area (Å²) in [7, 11) is 0. The van der Waals surface area contributed by atoms with Gasteiger partial charge in [0.05, 0.1) is 0 Å². The van der Waals surface area contributed by atoms with Crippen LogP contribution in [0.5, 0.6) is 0 Å². The highest BCUT2D eigenvalue weighted by molar-refractivity contribution is 5.32. The Morgan fingerprint density at radius 1 is 1.67 bits per heavy atom. The summed E-state index contributed by atoms with van der Waals surface area (Å²) < 4.78 is 0. The van der Waals surface area contributed by atoms with Crippen LogP contribution in [-0.4, -0.2) is 11.2 Å². The fraction of sp³-hybridized carbons (Fsp3) is 0.571. The molecule has 0 aliphatic heterocycles. The Morgan fingerprint density at radius 2 is 2.40 bits per heavy atom. The summed E-state index contributed by atoms with van der Waals surface area (Å²) >= 11 is 0. The van der Waals surface area contributed by atoms with Crippen molar-refractivity contribution in [2.45, 2.75) is 45.6 Å². The zero-order valence-corrected chi connectivity index (χ0v) is 9.71. The minimum atomic E-state index is -0.572. The quantitative estimate of drug-likeness (QED) is 0.553. The Kier molecular flexibility index (Phi) is 4.17. The maximum absolute atomic E-state index is 9.92. The first-order chi connectivity index (χ1) is 7.06. The summed E-state index contributed by atoms with van der Waals surface area (Å²) in [5, 5.41) is 9.92. The van der Waals surface area contributed by atoms with E-state index in [9.17, 15) is 5.11 Å². The standard InChI is InChI=1S/C14H20O/c1-4-11-14(2,3)13(15)10-9-12-7-5-6-8-12/h4,7,13,15H,1,5-6,8,11H2,2-3H3/t13-/m0/s1. The molecule has 1 rings (SSSR count). The van der Waals surface area contributed by atoms with Gasteiger partial charge < -0.3 is 5.11 Å². The number of aliphatic hydroxyl groups excluding tert-OH is 1. The average Bonchev–Trinajstić information content (AvgIpc) is 2.66. The largest absolute Gasteiger partial charge is 0.380 e. The molecule has 0 aromatic rings. The van der Waals surface area contributed by atoms with Gasteiger partial charge in [-0.3, -0.25) is 0 Å². The van der Waals surface area contributed by atoms with Crippen molar-refractivity contribution in [3.8, 4) is 11.8 Å². The van der Waals surface area contributed by atoms with Crippen LogP contribution in [0.25, 0.3) is 0 Å². The predicted octanol–water partition coefficient (Wildman–Crippen LogP) is 3.06. The van der Waals surface area contributed by atoms with Crippen LogP contribution in [-0.2, 0) is 0 Å². The van der Waals surface area contributed by atoms with E-state index in [0.29, 0.717) is 0 Å². The molecule has 1 heteroatoms. The van der Waals surface area contributed by atoms with E-state index in [1.807, 2.05) is 19.9 Å². The lowest BCUT2D eigenvalue weighted by Gasteiger charge is -2.25. The van der Waals surface area contributed by atoms with Gasteiger partial charge in [0.25, 0.3) is 0 Å². The van der Waals surface area contributed by atoms with Crippen LogP contribution < -0.4 is 0 Å². The van der Waals surface area contributed by atoms with Gasteiger partial charge in [0.15, 0.2) is 0 Å². The average molecular weight is 204 g/mol. The molecule has 0 unspecified atom stereocenters. The van der Waals surface area contributed by atoms with E-state index in [2.05, 4.69) is 24.5 Å². The first-order valence-corrected chi connectivity index (χ1v) is 5.56. The smallest absolute Gasteiger partial charge is 0.120 e. The minimum Gasteiger partial charge on any atom is -0.380 e. The van der Waals surface area contributed by atoms with Crippen molar-refractivity contribution in [1.29, 1.82) is 0 Å². The van der Waals surface area contributed by atoms with Gasteiger partial charge in [-0.1, -0.05) is 37.8 Å². The van der Waals surface area contributed by atoms with E-state index in [1.165, 1.54) is 12.0 Å². The molecular weight excluding hydrogens is 184 g/mol. The van der Waals surface area contributed by atoms with E-state index in [1.54, 1.807) is 0 Å². The van der Waals surface area contributed by atoms with Crippen molar-refractivity contribution in [3.63, 3.8) is 0 Å². The zero-order chi connectivity index (χ0) is 11.3. The lowest BCUT2D eigenvalue weighted by Crippen LogP contribution is -2.27. The fourth-order valence-corrected chi connectivity index (χ4v) is 1.62. The SMILES string of the molecule is C=CCC(C)(C)[C@@H](O)C#CC1=CCCC1. The molecule has 1 aliphatic carbocycles. The Bertz CT molecular complexity index is 312. The fourth-order valence-electron chi connectivity index (χ4n) is 1.62. The second kappa shape index (κ2) is 5.19. The number of hydrogen-bond donors (Lipinski definition) is 1. The molecule has 1 nitrogen and oxygen atoms in total. The molecule has 0 heterocycles. The van der Waals surface area contributed by atoms with E-state index in [4.69, 9.17) is 0 Å². The van der Waals surface area contributed by atoms with Crippen molar-refractivity contribution in [2.24, 2.45) is 5.41 Å². The molecule has 0 saturated heterocycles. The molecule has 0 aromatic carbocycles. The topological polar surface area (TPSA) is 20.2 Å². The molecule has 82 valence electrons. The van der Waals surface area contributed by atoms with Gasteiger partial charge >= 0.3 is 0 Å². The summed E-state index contributed by atoms with van der Waals surface area (Å²) in [4.78, 5) is 0. The summed E-state index contributed by atoms with van der Waals surface area (Å²) in [6.07, 6.45) is 7.62. The molecule has 0 saturated carbocycles. The second-order valence-electron chi connectivity index (χ2n) is 4.77. The highest BCUT2D eigenvalue weighted by Crippen LogP contribution is 2.25. The van der Waals surface area contributed by atoms with Crippen molar-refractivity contribution in [1.82, 2.24) is 0 Å². The zero-order valence-electron chi connectivity index (χ0n) is 9.71. The molecule has 0 radical (unpaired) electrons. The number of aliphatic hydroxyl groups is 1. The van der Waals surface area contributed by atoms with E-state index in [0.717, 1.165) is 19.3 Å². The van der Waals surface area contributed by atoms with Crippen LogP contribution in [0.15, 0.2) is 24.3 Å². The van der Waals surface area contributed by atoms with Gasteiger partial charge in [-0.25, -0.2) is 0 Å². The van der Waals surface area contributed by atoms with E-state index >= 15 is 0 Å². The number of rotatable bonds is 3. The third kappa shape index (κ3) is 3.57. The van der Waals surface area contributed by atoms with E-state index < -0.39 is 6.10 Å². The predicted molar refractivity (Wildman–Crippen MR) is 64.3 cm³/mol. The van der Waals surface area contributed by atoms with Crippen LogP contribution in [0.3, 0.4) is 0 Å². The van der Waals surface area contributed by atoms with Gasteiger partial charge in [-0.2, -0.15) is 0 Å². The van der Waals surface area contributed by atoms with Crippen molar-refractivity contribution in [3.05, 3.63) is 24.3 Å². The van der Waals surface area contributed by atoms with Gasteiger partial charge in [0, 0.05) is 5.41 Å². The van der Waals surface area contributed by atoms with Crippen LogP contribution in [0.4, 0.5) is 0 Å². The van der Waals surface area contributed by atoms with Crippen molar-refractivity contribution >= 4 is 0 Å². The molecule has 0 amide bonds. The van der Waals surface area contributed by atoms with Gasteiger partial charge in [0.1, 0.15) is 6.10 Å². The molecule has 0 spiro atoms.